The molecular weight excluding hydrogens is 414 g/mol. The smallest absolute Gasteiger partial charge is 0.244 e. The first-order valence-corrected chi connectivity index (χ1v) is 9.49. The molecule has 0 unspecified atom stereocenters. The molecule has 28 heavy (non-hydrogen) atoms. The van der Waals surface area contributed by atoms with Gasteiger partial charge in [0, 0.05) is 15.6 Å². The average molecular weight is 430 g/mol. The van der Waals surface area contributed by atoms with Gasteiger partial charge in [0.2, 0.25) is 0 Å². The van der Waals surface area contributed by atoms with Gasteiger partial charge in [0.05, 0.1) is 6.21 Å². The van der Waals surface area contributed by atoms with Crippen molar-refractivity contribution in [3.63, 3.8) is 0 Å². The Morgan fingerprint density at radius 2 is 1.32 bits per heavy atom. The monoisotopic (exact) mass is 429 g/mol. The highest BCUT2D eigenvalue weighted by atomic mass is 79.9. The molecule has 4 rings (SSSR count). The second-order valence-electron chi connectivity index (χ2n) is 5.99. The molecule has 1 N–H and O–H groups in total. The van der Waals surface area contributed by atoms with Gasteiger partial charge in [-0.3, -0.25) is 0 Å². The van der Waals surface area contributed by atoms with Crippen molar-refractivity contribution in [3.8, 4) is 22.5 Å². The lowest BCUT2D eigenvalue weighted by molar-refractivity contribution is 0.973. The summed E-state index contributed by atoms with van der Waals surface area (Å²) in [6.45, 7) is 0. The molecule has 136 valence electrons. The molecule has 0 aliphatic heterocycles. The van der Waals surface area contributed by atoms with Crippen LogP contribution in [0, 0.1) is 0 Å². The first-order chi connectivity index (χ1) is 13.8. The van der Waals surface area contributed by atoms with E-state index in [2.05, 4.69) is 41.6 Å². The van der Waals surface area contributed by atoms with Crippen molar-refractivity contribution in [2.24, 2.45) is 5.10 Å². The molecule has 1 heterocycles. The van der Waals surface area contributed by atoms with Crippen LogP contribution in [0.1, 0.15) is 5.56 Å². The third-order valence-electron chi connectivity index (χ3n) is 4.03. The van der Waals surface area contributed by atoms with E-state index in [1.807, 2.05) is 84.9 Å². The van der Waals surface area contributed by atoms with Crippen LogP contribution in [-0.2, 0) is 0 Å². The first kappa shape index (κ1) is 18.0. The van der Waals surface area contributed by atoms with Crippen LogP contribution in [-0.4, -0.2) is 21.4 Å². The third-order valence-corrected chi connectivity index (χ3v) is 4.56. The molecular formula is C22H16BrN5. The molecule has 0 saturated carbocycles. The number of anilines is 1. The summed E-state index contributed by atoms with van der Waals surface area (Å²) in [5, 5.41) is 12.8. The highest BCUT2D eigenvalue weighted by Gasteiger charge is 2.13. The minimum atomic E-state index is 0.340. The van der Waals surface area contributed by atoms with E-state index >= 15 is 0 Å². The minimum Gasteiger partial charge on any atom is -0.244 e. The van der Waals surface area contributed by atoms with E-state index in [0.717, 1.165) is 32.6 Å². The number of rotatable bonds is 5. The number of nitrogens with one attached hydrogen (secondary N) is 1. The van der Waals surface area contributed by atoms with Gasteiger partial charge >= 0.3 is 0 Å². The minimum absolute atomic E-state index is 0.340. The molecule has 0 saturated heterocycles. The Morgan fingerprint density at radius 1 is 0.714 bits per heavy atom. The largest absolute Gasteiger partial charge is 0.263 e. The Kier molecular flexibility index (Phi) is 5.49. The van der Waals surface area contributed by atoms with E-state index in [-0.39, 0.29) is 0 Å². The fourth-order valence-electron chi connectivity index (χ4n) is 2.67. The zero-order valence-corrected chi connectivity index (χ0v) is 16.4. The maximum absolute atomic E-state index is 4.66. The Morgan fingerprint density at radius 3 is 1.96 bits per heavy atom. The van der Waals surface area contributed by atoms with Crippen molar-refractivity contribution in [3.05, 3.63) is 95.0 Å². The van der Waals surface area contributed by atoms with Crippen LogP contribution < -0.4 is 5.43 Å². The summed E-state index contributed by atoms with van der Waals surface area (Å²) in [6.07, 6.45) is 1.71. The van der Waals surface area contributed by atoms with Gasteiger partial charge in [0.15, 0.2) is 0 Å². The van der Waals surface area contributed by atoms with Gasteiger partial charge < -0.3 is 0 Å². The van der Waals surface area contributed by atoms with Crippen LogP contribution in [0.2, 0.25) is 0 Å². The average Bonchev–Trinajstić information content (AvgIpc) is 2.76. The molecule has 3 aromatic carbocycles. The summed E-state index contributed by atoms with van der Waals surface area (Å²) >= 11 is 3.42. The van der Waals surface area contributed by atoms with Crippen molar-refractivity contribution in [2.45, 2.75) is 0 Å². The number of benzene rings is 3. The summed E-state index contributed by atoms with van der Waals surface area (Å²) in [4.78, 5) is 4.66. The van der Waals surface area contributed by atoms with Crippen LogP contribution in [0.15, 0.2) is 94.5 Å². The number of nitrogens with zero attached hydrogens (tertiary/aromatic N) is 4. The number of halogens is 1. The summed E-state index contributed by atoms with van der Waals surface area (Å²) < 4.78 is 1.02. The maximum Gasteiger partial charge on any atom is 0.263 e. The number of hydrazone groups is 1. The number of aromatic nitrogens is 3. The topological polar surface area (TPSA) is 63.1 Å². The van der Waals surface area contributed by atoms with Crippen molar-refractivity contribution in [1.29, 1.82) is 0 Å². The van der Waals surface area contributed by atoms with Crippen LogP contribution in [0.5, 0.6) is 0 Å². The quantitative estimate of drug-likeness (QED) is 0.340. The molecule has 0 radical (unpaired) electrons. The second-order valence-corrected chi connectivity index (χ2v) is 6.90. The van der Waals surface area contributed by atoms with Gasteiger partial charge in [-0.25, -0.2) is 10.4 Å². The molecule has 0 aliphatic carbocycles. The zero-order chi connectivity index (χ0) is 19.2. The Balaban J connectivity index is 1.65. The van der Waals surface area contributed by atoms with Crippen LogP contribution in [0.4, 0.5) is 5.95 Å². The standard InChI is InChI=1S/C22H16BrN5/c23-19-13-11-16(12-14-19)15-24-27-22-25-20(17-7-3-1-4-8-17)21(26-28-22)18-9-5-2-6-10-18/h1-15H,(H,25,27,28). The molecule has 0 amide bonds. The molecule has 0 atom stereocenters. The first-order valence-electron chi connectivity index (χ1n) is 8.70. The Hall–Kier alpha value is -3.38. The fraction of sp³-hybridized carbons (Fsp3) is 0. The van der Waals surface area contributed by atoms with Crippen molar-refractivity contribution in [1.82, 2.24) is 15.2 Å². The van der Waals surface area contributed by atoms with E-state index in [0.29, 0.717) is 5.95 Å². The van der Waals surface area contributed by atoms with Gasteiger partial charge in [-0.15, -0.1) is 10.2 Å². The summed E-state index contributed by atoms with van der Waals surface area (Å²) in [5.41, 5.74) is 7.25. The van der Waals surface area contributed by atoms with E-state index in [4.69, 9.17) is 0 Å². The predicted molar refractivity (Wildman–Crippen MR) is 116 cm³/mol. The predicted octanol–water partition coefficient (Wildman–Crippen LogP) is 5.41. The Labute approximate surface area is 171 Å². The van der Waals surface area contributed by atoms with Gasteiger partial charge in [0.25, 0.3) is 5.95 Å². The zero-order valence-electron chi connectivity index (χ0n) is 14.8. The summed E-state index contributed by atoms with van der Waals surface area (Å²) in [7, 11) is 0. The van der Waals surface area contributed by atoms with Gasteiger partial charge in [0.1, 0.15) is 11.4 Å². The molecule has 0 aliphatic rings. The maximum atomic E-state index is 4.66. The molecule has 4 aromatic rings. The second kappa shape index (κ2) is 8.54. The molecule has 5 nitrogen and oxygen atoms in total. The van der Waals surface area contributed by atoms with E-state index in [1.165, 1.54) is 0 Å². The van der Waals surface area contributed by atoms with Crippen LogP contribution >= 0.6 is 15.9 Å². The lowest BCUT2D eigenvalue weighted by Gasteiger charge is -2.09. The Bertz CT molecular complexity index is 1080. The number of hydrogen-bond donors (Lipinski definition) is 1. The normalized spacial score (nSPS) is 10.9. The molecule has 1 aromatic heterocycles. The van der Waals surface area contributed by atoms with E-state index in [9.17, 15) is 0 Å². The van der Waals surface area contributed by atoms with Crippen molar-refractivity contribution >= 4 is 28.1 Å². The number of hydrogen-bond acceptors (Lipinski definition) is 5. The SMILES string of the molecule is Brc1ccc(C=NNc2nnc(-c3ccccc3)c(-c3ccccc3)n2)cc1. The summed E-state index contributed by atoms with van der Waals surface area (Å²) in [5.74, 6) is 0.340. The highest BCUT2D eigenvalue weighted by Crippen LogP contribution is 2.28. The highest BCUT2D eigenvalue weighted by molar-refractivity contribution is 9.10. The lowest BCUT2D eigenvalue weighted by atomic mass is 10.0. The third kappa shape index (κ3) is 4.29. The fourth-order valence-corrected chi connectivity index (χ4v) is 2.94. The van der Waals surface area contributed by atoms with Gasteiger partial charge in [-0.1, -0.05) is 88.7 Å². The van der Waals surface area contributed by atoms with E-state index in [1.54, 1.807) is 6.21 Å². The van der Waals surface area contributed by atoms with Crippen LogP contribution in [0.3, 0.4) is 0 Å². The van der Waals surface area contributed by atoms with Crippen LogP contribution in [0.25, 0.3) is 22.5 Å². The van der Waals surface area contributed by atoms with Crippen molar-refractivity contribution < 1.29 is 0 Å². The molecule has 0 fully saturated rings. The summed E-state index contributed by atoms with van der Waals surface area (Å²) in [6, 6.07) is 27.7. The molecule has 6 heteroatoms. The van der Waals surface area contributed by atoms with Gasteiger partial charge in [-0.05, 0) is 17.7 Å². The molecule has 0 spiro atoms. The van der Waals surface area contributed by atoms with Crippen molar-refractivity contribution in [2.75, 3.05) is 5.43 Å². The lowest BCUT2D eigenvalue weighted by Crippen LogP contribution is -2.03. The van der Waals surface area contributed by atoms with E-state index < -0.39 is 0 Å². The van der Waals surface area contributed by atoms with Gasteiger partial charge in [-0.2, -0.15) is 5.10 Å². The molecule has 0 bridgehead atoms.